The first-order valence-corrected chi connectivity index (χ1v) is 6.72. The molecule has 102 valence electrons. The number of nitriles is 1. The normalized spacial score (nSPS) is 10.3. The molecule has 1 aromatic heterocycles. The first-order chi connectivity index (χ1) is 10.2. The van der Waals surface area contributed by atoms with Crippen LogP contribution in [0.3, 0.4) is 0 Å². The Morgan fingerprint density at radius 3 is 2.67 bits per heavy atom. The fraction of sp³-hybridized carbons (Fsp3) is 0.111. The Morgan fingerprint density at radius 2 is 1.86 bits per heavy atom. The highest BCUT2D eigenvalue weighted by Crippen LogP contribution is 2.28. The molecule has 3 nitrogen and oxygen atoms in total. The van der Waals surface area contributed by atoms with E-state index in [9.17, 15) is 5.26 Å². The molecule has 1 heterocycles. The summed E-state index contributed by atoms with van der Waals surface area (Å²) in [6, 6.07) is 17.5. The van der Waals surface area contributed by atoms with Gasteiger partial charge in [0.05, 0.1) is 11.1 Å². The molecule has 0 radical (unpaired) electrons. The number of ether oxygens (including phenoxy) is 1. The van der Waals surface area contributed by atoms with Crippen molar-refractivity contribution in [3.63, 3.8) is 0 Å². The maximum atomic E-state index is 9.29. The van der Waals surface area contributed by atoms with Crippen molar-refractivity contribution in [2.75, 3.05) is 0 Å². The van der Waals surface area contributed by atoms with Crippen LogP contribution < -0.4 is 4.74 Å². The highest BCUT2D eigenvalue weighted by Gasteiger charge is 2.08. The first-order valence-electron chi connectivity index (χ1n) is 6.72. The van der Waals surface area contributed by atoms with Crippen LogP contribution in [0.25, 0.3) is 10.9 Å². The van der Waals surface area contributed by atoms with Crippen LogP contribution in [-0.2, 0) is 0 Å². The van der Waals surface area contributed by atoms with E-state index in [4.69, 9.17) is 4.74 Å². The van der Waals surface area contributed by atoms with E-state index in [1.165, 1.54) is 0 Å². The van der Waals surface area contributed by atoms with Gasteiger partial charge in [-0.1, -0.05) is 30.3 Å². The average molecular weight is 274 g/mol. The number of aromatic nitrogens is 1. The molecule has 0 aliphatic heterocycles. The molecule has 3 heteroatoms. The minimum absolute atomic E-state index is 0.443. The van der Waals surface area contributed by atoms with Crippen molar-refractivity contribution >= 4 is 10.9 Å². The summed E-state index contributed by atoms with van der Waals surface area (Å²) < 4.78 is 5.88. The van der Waals surface area contributed by atoms with Crippen LogP contribution >= 0.6 is 0 Å². The van der Waals surface area contributed by atoms with Gasteiger partial charge in [-0.15, -0.1) is 0 Å². The van der Waals surface area contributed by atoms with Crippen LogP contribution in [0.1, 0.15) is 16.7 Å². The van der Waals surface area contributed by atoms with E-state index in [1.54, 1.807) is 6.07 Å². The Labute approximate surface area is 123 Å². The lowest BCUT2D eigenvalue weighted by Gasteiger charge is -2.10. The zero-order valence-electron chi connectivity index (χ0n) is 11.9. The number of pyridine rings is 1. The molecular formula is C18H14N2O. The summed E-state index contributed by atoms with van der Waals surface area (Å²) in [5, 5.41) is 10.1. The summed E-state index contributed by atoms with van der Waals surface area (Å²) in [5.74, 6) is 1.21. The molecule has 0 N–H and O–H groups in total. The maximum absolute atomic E-state index is 9.29. The van der Waals surface area contributed by atoms with Crippen LogP contribution in [0.15, 0.2) is 48.5 Å². The third-order valence-corrected chi connectivity index (χ3v) is 3.37. The lowest BCUT2D eigenvalue weighted by atomic mass is 10.1. The number of aryl methyl sites for hydroxylation is 2. The van der Waals surface area contributed by atoms with Gasteiger partial charge in [0.1, 0.15) is 11.8 Å². The van der Waals surface area contributed by atoms with Crippen LogP contribution in [0.2, 0.25) is 0 Å². The number of hydrogen-bond acceptors (Lipinski definition) is 3. The smallest absolute Gasteiger partial charge is 0.221 e. The molecule has 0 fully saturated rings. The maximum Gasteiger partial charge on any atom is 0.221 e. The SMILES string of the molecule is Cc1ccc(C)c(Oc2cc(C#N)c3ccccc3n2)c1. The second-order valence-electron chi connectivity index (χ2n) is 5.01. The Balaban J connectivity index is 2.09. The quantitative estimate of drug-likeness (QED) is 0.690. The number of benzene rings is 2. The van der Waals surface area contributed by atoms with Gasteiger partial charge >= 0.3 is 0 Å². The molecule has 0 saturated carbocycles. The van der Waals surface area contributed by atoms with Crippen LogP contribution in [0.4, 0.5) is 0 Å². The molecule has 21 heavy (non-hydrogen) atoms. The monoisotopic (exact) mass is 274 g/mol. The minimum atomic E-state index is 0.443. The predicted octanol–water partition coefficient (Wildman–Crippen LogP) is 4.52. The fourth-order valence-corrected chi connectivity index (χ4v) is 2.23. The summed E-state index contributed by atoms with van der Waals surface area (Å²) in [4.78, 5) is 4.48. The second-order valence-corrected chi connectivity index (χ2v) is 5.01. The van der Waals surface area contributed by atoms with E-state index in [2.05, 4.69) is 11.1 Å². The minimum Gasteiger partial charge on any atom is -0.439 e. The molecule has 0 atom stereocenters. The van der Waals surface area contributed by atoms with E-state index in [0.717, 1.165) is 27.8 Å². The molecule has 0 aliphatic carbocycles. The Morgan fingerprint density at radius 1 is 1.05 bits per heavy atom. The largest absolute Gasteiger partial charge is 0.439 e. The average Bonchev–Trinajstić information content (AvgIpc) is 2.50. The highest BCUT2D eigenvalue weighted by atomic mass is 16.5. The lowest BCUT2D eigenvalue weighted by Crippen LogP contribution is -1.93. The van der Waals surface area contributed by atoms with Gasteiger partial charge in [0.15, 0.2) is 0 Å². The van der Waals surface area contributed by atoms with Crippen LogP contribution in [0.5, 0.6) is 11.6 Å². The van der Waals surface area contributed by atoms with Gasteiger partial charge < -0.3 is 4.74 Å². The summed E-state index contributed by atoms with van der Waals surface area (Å²) in [6.45, 7) is 4.00. The molecule has 0 unspecified atom stereocenters. The second kappa shape index (κ2) is 5.26. The van der Waals surface area contributed by atoms with Crippen molar-refractivity contribution in [2.45, 2.75) is 13.8 Å². The molecule has 0 saturated heterocycles. The van der Waals surface area contributed by atoms with Gasteiger partial charge in [-0.25, -0.2) is 4.98 Å². The Hall–Kier alpha value is -2.86. The van der Waals surface area contributed by atoms with Crippen molar-refractivity contribution in [3.8, 4) is 17.7 Å². The van der Waals surface area contributed by atoms with Crippen molar-refractivity contribution in [3.05, 3.63) is 65.2 Å². The standard InChI is InChI=1S/C18H14N2O/c1-12-7-8-13(2)17(9-12)21-18-10-14(11-19)15-5-3-4-6-16(15)20-18/h3-10H,1-2H3. The number of rotatable bonds is 2. The first kappa shape index (κ1) is 13.1. The molecular weight excluding hydrogens is 260 g/mol. The van der Waals surface area contributed by atoms with Gasteiger partial charge in [0, 0.05) is 11.5 Å². The molecule has 3 aromatic rings. The third-order valence-electron chi connectivity index (χ3n) is 3.37. The van der Waals surface area contributed by atoms with Crippen molar-refractivity contribution in [2.24, 2.45) is 0 Å². The topological polar surface area (TPSA) is 45.9 Å². The van der Waals surface area contributed by atoms with Crippen molar-refractivity contribution in [1.82, 2.24) is 4.98 Å². The van der Waals surface area contributed by atoms with Gasteiger partial charge in [-0.05, 0) is 37.1 Å². The molecule has 0 bridgehead atoms. The molecule has 0 spiro atoms. The third kappa shape index (κ3) is 2.56. The van der Waals surface area contributed by atoms with Gasteiger partial charge in [0.25, 0.3) is 0 Å². The fourth-order valence-electron chi connectivity index (χ4n) is 2.23. The summed E-state index contributed by atoms with van der Waals surface area (Å²) in [7, 11) is 0. The Kier molecular flexibility index (Phi) is 3.29. The highest BCUT2D eigenvalue weighted by molar-refractivity contribution is 5.85. The molecule has 0 aliphatic rings. The van der Waals surface area contributed by atoms with E-state index in [-0.39, 0.29) is 0 Å². The van der Waals surface area contributed by atoms with Crippen LogP contribution in [0, 0.1) is 25.2 Å². The van der Waals surface area contributed by atoms with Crippen molar-refractivity contribution < 1.29 is 4.74 Å². The number of hydrogen-bond donors (Lipinski definition) is 0. The zero-order chi connectivity index (χ0) is 14.8. The van der Waals surface area contributed by atoms with Gasteiger partial charge in [0.2, 0.25) is 5.88 Å². The van der Waals surface area contributed by atoms with E-state index in [0.29, 0.717) is 11.4 Å². The summed E-state index contributed by atoms with van der Waals surface area (Å²) in [5.41, 5.74) is 3.49. The molecule has 3 rings (SSSR count). The Bertz CT molecular complexity index is 863. The van der Waals surface area contributed by atoms with E-state index >= 15 is 0 Å². The summed E-state index contributed by atoms with van der Waals surface area (Å²) in [6.07, 6.45) is 0. The zero-order valence-corrected chi connectivity index (χ0v) is 11.9. The number of fused-ring (bicyclic) bond motifs is 1. The number of nitrogens with zero attached hydrogens (tertiary/aromatic N) is 2. The van der Waals surface area contributed by atoms with Crippen LogP contribution in [-0.4, -0.2) is 4.98 Å². The molecule has 2 aromatic carbocycles. The summed E-state index contributed by atoms with van der Waals surface area (Å²) >= 11 is 0. The molecule has 0 amide bonds. The van der Waals surface area contributed by atoms with E-state index < -0.39 is 0 Å². The lowest BCUT2D eigenvalue weighted by molar-refractivity contribution is 0.461. The number of para-hydroxylation sites is 1. The van der Waals surface area contributed by atoms with E-state index in [1.807, 2.05) is 56.3 Å². The predicted molar refractivity (Wildman–Crippen MR) is 82.4 cm³/mol. The van der Waals surface area contributed by atoms with Gasteiger partial charge in [-0.3, -0.25) is 0 Å². The van der Waals surface area contributed by atoms with Crippen molar-refractivity contribution in [1.29, 1.82) is 5.26 Å². The van der Waals surface area contributed by atoms with Gasteiger partial charge in [-0.2, -0.15) is 5.26 Å².